The molecule has 1 aromatic heterocycles. The molecule has 1 atom stereocenters. The van der Waals surface area contributed by atoms with Crippen LogP contribution in [0.2, 0.25) is 0 Å². The Morgan fingerprint density at radius 3 is 2.83 bits per heavy atom. The third kappa shape index (κ3) is 3.12. The minimum Gasteiger partial charge on any atom is -0.488 e. The molecule has 122 valence electrons. The molecule has 24 heavy (non-hydrogen) atoms. The van der Waals surface area contributed by atoms with Crippen molar-refractivity contribution in [1.82, 2.24) is 4.98 Å². The number of H-pyrrole nitrogens is 1. The molecule has 0 saturated carbocycles. The summed E-state index contributed by atoms with van der Waals surface area (Å²) in [6.45, 7) is 1.39. The van der Waals surface area contributed by atoms with Crippen molar-refractivity contribution in [2.75, 3.05) is 18.5 Å². The number of aromatic amines is 1. The number of hydrogen-bond donors (Lipinski definition) is 2. The highest BCUT2D eigenvalue weighted by Gasteiger charge is 2.17. The van der Waals surface area contributed by atoms with Gasteiger partial charge in [-0.2, -0.15) is 0 Å². The van der Waals surface area contributed by atoms with E-state index in [0.717, 1.165) is 35.4 Å². The second-order valence-electron chi connectivity index (χ2n) is 5.86. The minimum absolute atomic E-state index is 0.123. The molecule has 2 heterocycles. The second-order valence-corrected chi connectivity index (χ2v) is 5.86. The first kappa shape index (κ1) is 14.8. The van der Waals surface area contributed by atoms with E-state index in [1.807, 2.05) is 54.7 Å². The van der Waals surface area contributed by atoms with Gasteiger partial charge in [0.2, 0.25) is 0 Å². The highest BCUT2D eigenvalue weighted by Crippen LogP contribution is 2.21. The molecule has 0 spiro atoms. The summed E-state index contributed by atoms with van der Waals surface area (Å²) in [5, 5.41) is 3.99. The van der Waals surface area contributed by atoms with E-state index in [4.69, 9.17) is 9.47 Å². The number of carbonyl (C=O) groups is 1. The lowest BCUT2D eigenvalue weighted by Gasteiger charge is -2.12. The Hall–Kier alpha value is -2.79. The fourth-order valence-corrected chi connectivity index (χ4v) is 2.81. The van der Waals surface area contributed by atoms with Crippen LogP contribution in [0.25, 0.3) is 10.9 Å². The molecule has 5 nitrogen and oxygen atoms in total. The molecule has 4 rings (SSSR count). The summed E-state index contributed by atoms with van der Waals surface area (Å²) < 4.78 is 11.1. The van der Waals surface area contributed by atoms with Crippen LogP contribution in [0.3, 0.4) is 0 Å². The number of benzene rings is 2. The molecular weight excluding hydrogens is 304 g/mol. The standard InChI is InChI=1S/C19H18N2O3/c22-19(14-2-1-13-7-9-20-18(13)11-14)21-15-3-5-16(6-4-15)24-17-8-10-23-12-17/h1-7,9,11,17,20H,8,10,12H2,(H,21,22)/t17-/m1/s1. The predicted molar refractivity (Wildman–Crippen MR) is 92.5 cm³/mol. The maximum atomic E-state index is 12.4. The first-order valence-corrected chi connectivity index (χ1v) is 8.01. The maximum Gasteiger partial charge on any atom is 0.255 e. The SMILES string of the molecule is O=C(Nc1ccc(O[C@@H]2CCOC2)cc1)c1ccc2cc[nH]c2c1. The number of rotatable bonds is 4. The van der Waals surface area contributed by atoms with Crippen molar-refractivity contribution < 1.29 is 14.3 Å². The topological polar surface area (TPSA) is 63.4 Å². The van der Waals surface area contributed by atoms with Gasteiger partial charge in [-0.15, -0.1) is 0 Å². The molecule has 1 aliphatic rings. The Morgan fingerprint density at radius 1 is 1.17 bits per heavy atom. The van der Waals surface area contributed by atoms with E-state index in [1.54, 1.807) is 0 Å². The lowest BCUT2D eigenvalue weighted by Crippen LogP contribution is -2.15. The third-order valence-corrected chi connectivity index (χ3v) is 4.12. The molecule has 5 heteroatoms. The smallest absolute Gasteiger partial charge is 0.255 e. The Balaban J connectivity index is 1.43. The average Bonchev–Trinajstić information content (AvgIpc) is 3.27. The zero-order valence-electron chi connectivity index (χ0n) is 13.1. The summed E-state index contributed by atoms with van der Waals surface area (Å²) in [7, 11) is 0. The van der Waals surface area contributed by atoms with Gasteiger partial charge in [0.25, 0.3) is 5.91 Å². The Labute approximate surface area is 139 Å². The summed E-state index contributed by atoms with van der Waals surface area (Å²) in [6, 6.07) is 15.0. The number of ether oxygens (including phenoxy) is 2. The van der Waals surface area contributed by atoms with Gasteiger partial charge in [-0.3, -0.25) is 4.79 Å². The van der Waals surface area contributed by atoms with Crippen molar-refractivity contribution in [3.05, 3.63) is 60.3 Å². The summed E-state index contributed by atoms with van der Waals surface area (Å²) in [6.07, 6.45) is 2.90. The van der Waals surface area contributed by atoms with Gasteiger partial charge in [-0.05, 0) is 47.9 Å². The quantitative estimate of drug-likeness (QED) is 0.771. The average molecular weight is 322 g/mol. The lowest BCUT2D eigenvalue weighted by atomic mass is 10.1. The van der Waals surface area contributed by atoms with E-state index in [2.05, 4.69) is 10.3 Å². The first-order chi connectivity index (χ1) is 11.8. The van der Waals surface area contributed by atoms with Gasteiger partial charge in [0.1, 0.15) is 11.9 Å². The van der Waals surface area contributed by atoms with Gasteiger partial charge < -0.3 is 19.8 Å². The normalized spacial score (nSPS) is 17.1. The summed E-state index contributed by atoms with van der Waals surface area (Å²) in [4.78, 5) is 15.5. The van der Waals surface area contributed by atoms with E-state index in [-0.39, 0.29) is 12.0 Å². The highest BCUT2D eigenvalue weighted by molar-refractivity contribution is 6.06. The number of anilines is 1. The molecule has 3 aromatic rings. The van der Waals surface area contributed by atoms with Crippen LogP contribution in [0.4, 0.5) is 5.69 Å². The first-order valence-electron chi connectivity index (χ1n) is 8.01. The molecule has 2 N–H and O–H groups in total. The van der Waals surface area contributed by atoms with Crippen molar-refractivity contribution in [1.29, 1.82) is 0 Å². The molecule has 2 aromatic carbocycles. The lowest BCUT2D eigenvalue weighted by molar-refractivity contribution is 0.102. The Kier molecular flexibility index (Phi) is 3.92. The molecule has 1 fully saturated rings. The van der Waals surface area contributed by atoms with Crippen molar-refractivity contribution in [3.8, 4) is 5.75 Å². The fraction of sp³-hybridized carbons (Fsp3) is 0.211. The van der Waals surface area contributed by atoms with Crippen LogP contribution < -0.4 is 10.1 Å². The van der Waals surface area contributed by atoms with E-state index in [0.29, 0.717) is 12.2 Å². The number of carbonyl (C=O) groups excluding carboxylic acids is 1. The summed E-state index contributed by atoms with van der Waals surface area (Å²) >= 11 is 0. The molecule has 0 bridgehead atoms. The van der Waals surface area contributed by atoms with E-state index >= 15 is 0 Å². The van der Waals surface area contributed by atoms with Gasteiger partial charge >= 0.3 is 0 Å². The van der Waals surface area contributed by atoms with Crippen molar-refractivity contribution in [2.24, 2.45) is 0 Å². The highest BCUT2D eigenvalue weighted by atomic mass is 16.5. The Bertz CT molecular complexity index is 848. The number of hydrogen-bond acceptors (Lipinski definition) is 3. The van der Waals surface area contributed by atoms with E-state index in [9.17, 15) is 4.79 Å². The minimum atomic E-state index is -0.135. The van der Waals surface area contributed by atoms with Crippen LogP contribution in [-0.2, 0) is 4.74 Å². The van der Waals surface area contributed by atoms with Crippen LogP contribution >= 0.6 is 0 Å². The zero-order valence-corrected chi connectivity index (χ0v) is 13.1. The van der Waals surface area contributed by atoms with Crippen molar-refractivity contribution in [2.45, 2.75) is 12.5 Å². The van der Waals surface area contributed by atoms with Gasteiger partial charge in [-0.25, -0.2) is 0 Å². The van der Waals surface area contributed by atoms with Gasteiger partial charge in [-0.1, -0.05) is 6.07 Å². The summed E-state index contributed by atoms with van der Waals surface area (Å²) in [5.41, 5.74) is 2.31. The van der Waals surface area contributed by atoms with Crippen molar-refractivity contribution in [3.63, 3.8) is 0 Å². The van der Waals surface area contributed by atoms with Crippen LogP contribution in [0.1, 0.15) is 16.8 Å². The van der Waals surface area contributed by atoms with E-state index < -0.39 is 0 Å². The predicted octanol–water partition coefficient (Wildman–Crippen LogP) is 3.59. The number of nitrogens with one attached hydrogen (secondary N) is 2. The van der Waals surface area contributed by atoms with Crippen LogP contribution in [0, 0.1) is 0 Å². The van der Waals surface area contributed by atoms with Gasteiger partial charge in [0, 0.05) is 29.4 Å². The maximum absolute atomic E-state index is 12.4. The van der Waals surface area contributed by atoms with E-state index in [1.165, 1.54) is 0 Å². The largest absolute Gasteiger partial charge is 0.488 e. The van der Waals surface area contributed by atoms with Crippen LogP contribution in [0.5, 0.6) is 5.75 Å². The molecule has 0 aliphatic carbocycles. The number of fused-ring (bicyclic) bond motifs is 1. The van der Waals surface area contributed by atoms with Gasteiger partial charge in [0.15, 0.2) is 0 Å². The number of aromatic nitrogens is 1. The molecule has 0 unspecified atom stereocenters. The van der Waals surface area contributed by atoms with Crippen LogP contribution in [0.15, 0.2) is 54.7 Å². The molecule has 1 saturated heterocycles. The monoisotopic (exact) mass is 322 g/mol. The number of amides is 1. The molecule has 1 aliphatic heterocycles. The Morgan fingerprint density at radius 2 is 2.04 bits per heavy atom. The summed E-state index contributed by atoms with van der Waals surface area (Å²) in [5.74, 6) is 0.653. The third-order valence-electron chi connectivity index (χ3n) is 4.12. The van der Waals surface area contributed by atoms with Gasteiger partial charge in [0.05, 0.1) is 13.2 Å². The van der Waals surface area contributed by atoms with Crippen molar-refractivity contribution >= 4 is 22.5 Å². The molecule has 0 radical (unpaired) electrons. The fourth-order valence-electron chi connectivity index (χ4n) is 2.81. The molecule has 1 amide bonds. The van der Waals surface area contributed by atoms with Crippen LogP contribution in [-0.4, -0.2) is 30.2 Å². The zero-order chi connectivity index (χ0) is 16.4. The molecular formula is C19H18N2O3. The second kappa shape index (κ2) is 6.37.